The average Bonchev–Trinajstić information content (AvgIpc) is 2.53. The Balaban J connectivity index is 2.00. The number of nitrogens with zero attached hydrogens (tertiary/aromatic N) is 1. The Kier molecular flexibility index (Phi) is 5.79. The van der Waals surface area contributed by atoms with Crippen LogP contribution in [0.2, 0.25) is 0 Å². The SMILES string of the molecule is CN(C1CCCCC1CN)S(=O)(=O)CCc1ccccc1. The van der Waals surface area contributed by atoms with Crippen molar-refractivity contribution >= 4 is 10.0 Å². The molecular weight excluding hydrogens is 284 g/mol. The van der Waals surface area contributed by atoms with Gasteiger partial charge in [-0.05, 0) is 37.3 Å². The summed E-state index contributed by atoms with van der Waals surface area (Å²) in [7, 11) is -1.50. The predicted molar refractivity (Wildman–Crippen MR) is 86.5 cm³/mol. The van der Waals surface area contributed by atoms with Crippen molar-refractivity contribution in [1.29, 1.82) is 0 Å². The lowest BCUT2D eigenvalue weighted by molar-refractivity contribution is 0.204. The van der Waals surface area contributed by atoms with E-state index in [4.69, 9.17) is 5.73 Å². The highest BCUT2D eigenvalue weighted by molar-refractivity contribution is 7.89. The van der Waals surface area contributed by atoms with Crippen LogP contribution < -0.4 is 5.73 Å². The predicted octanol–water partition coefficient (Wildman–Crippen LogP) is 2.01. The van der Waals surface area contributed by atoms with Gasteiger partial charge in [-0.1, -0.05) is 43.2 Å². The van der Waals surface area contributed by atoms with E-state index in [0.29, 0.717) is 18.9 Å². The van der Waals surface area contributed by atoms with Crippen molar-refractivity contribution in [2.75, 3.05) is 19.3 Å². The van der Waals surface area contributed by atoms with E-state index in [-0.39, 0.29) is 11.8 Å². The molecule has 1 fully saturated rings. The minimum atomic E-state index is -3.22. The van der Waals surface area contributed by atoms with Gasteiger partial charge in [0.2, 0.25) is 10.0 Å². The van der Waals surface area contributed by atoms with Crippen molar-refractivity contribution in [3.63, 3.8) is 0 Å². The summed E-state index contributed by atoms with van der Waals surface area (Å²) in [6.45, 7) is 0.573. The summed E-state index contributed by atoms with van der Waals surface area (Å²) in [5.74, 6) is 0.469. The highest BCUT2D eigenvalue weighted by Crippen LogP contribution is 2.28. The van der Waals surface area contributed by atoms with Gasteiger partial charge in [0.05, 0.1) is 5.75 Å². The summed E-state index contributed by atoms with van der Waals surface area (Å²) in [5, 5.41) is 0. The summed E-state index contributed by atoms with van der Waals surface area (Å²) in [5.41, 5.74) is 6.88. The van der Waals surface area contributed by atoms with Gasteiger partial charge >= 0.3 is 0 Å². The molecule has 0 amide bonds. The molecule has 0 saturated heterocycles. The van der Waals surface area contributed by atoms with Crippen LogP contribution in [0.4, 0.5) is 0 Å². The third-order valence-electron chi connectivity index (χ3n) is 4.57. The van der Waals surface area contributed by atoms with Crippen molar-refractivity contribution in [2.45, 2.75) is 38.1 Å². The first kappa shape index (κ1) is 16.5. The van der Waals surface area contributed by atoms with Crippen LogP contribution in [0.1, 0.15) is 31.2 Å². The maximum atomic E-state index is 12.5. The highest BCUT2D eigenvalue weighted by atomic mass is 32.2. The second-order valence-electron chi connectivity index (χ2n) is 5.92. The van der Waals surface area contributed by atoms with Gasteiger partial charge < -0.3 is 5.73 Å². The molecule has 2 atom stereocenters. The number of hydrogen-bond acceptors (Lipinski definition) is 3. The quantitative estimate of drug-likeness (QED) is 0.874. The summed E-state index contributed by atoms with van der Waals surface area (Å²) in [4.78, 5) is 0. The van der Waals surface area contributed by atoms with Gasteiger partial charge in [0, 0.05) is 13.1 Å². The van der Waals surface area contributed by atoms with E-state index in [1.54, 1.807) is 11.4 Å². The molecule has 1 aliphatic carbocycles. The van der Waals surface area contributed by atoms with Crippen molar-refractivity contribution in [2.24, 2.45) is 11.7 Å². The summed E-state index contributed by atoms with van der Waals surface area (Å²) >= 11 is 0. The maximum absolute atomic E-state index is 12.5. The van der Waals surface area contributed by atoms with E-state index in [2.05, 4.69) is 0 Å². The molecule has 21 heavy (non-hydrogen) atoms. The molecule has 0 radical (unpaired) electrons. The molecule has 5 heteroatoms. The molecule has 1 saturated carbocycles. The van der Waals surface area contributed by atoms with E-state index >= 15 is 0 Å². The number of benzene rings is 1. The Morgan fingerprint density at radius 1 is 1.19 bits per heavy atom. The molecule has 1 aliphatic rings. The van der Waals surface area contributed by atoms with Crippen LogP contribution in [0.3, 0.4) is 0 Å². The van der Waals surface area contributed by atoms with Crippen LogP contribution in [0.5, 0.6) is 0 Å². The van der Waals surface area contributed by atoms with E-state index < -0.39 is 10.0 Å². The van der Waals surface area contributed by atoms with Gasteiger partial charge in [-0.15, -0.1) is 0 Å². The van der Waals surface area contributed by atoms with Crippen LogP contribution in [0.25, 0.3) is 0 Å². The Bertz CT molecular complexity index is 530. The fourth-order valence-corrected chi connectivity index (χ4v) is 4.66. The largest absolute Gasteiger partial charge is 0.330 e. The van der Waals surface area contributed by atoms with Gasteiger partial charge in [-0.3, -0.25) is 0 Å². The zero-order valence-corrected chi connectivity index (χ0v) is 13.6. The van der Waals surface area contributed by atoms with Gasteiger partial charge in [0.1, 0.15) is 0 Å². The van der Waals surface area contributed by atoms with E-state index in [1.165, 1.54) is 0 Å². The molecule has 0 spiro atoms. The smallest absolute Gasteiger partial charge is 0.214 e. The molecule has 2 N–H and O–H groups in total. The molecule has 2 rings (SSSR count). The highest BCUT2D eigenvalue weighted by Gasteiger charge is 2.33. The molecule has 118 valence electrons. The van der Waals surface area contributed by atoms with Crippen LogP contribution in [0.15, 0.2) is 30.3 Å². The fourth-order valence-electron chi connectivity index (χ4n) is 3.18. The van der Waals surface area contributed by atoms with Crippen molar-refractivity contribution in [3.05, 3.63) is 35.9 Å². The molecule has 0 aromatic heterocycles. The van der Waals surface area contributed by atoms with E-state index in [9.17, 15) is 8.42 Å². The Labute approximate surface area is 128 Å². The molecule has 1 aromatic carbocycles. The lowest BCUT2D eigenvalue weighted by Crippen LogP contribution is -2.46. The maximum Gasteiger partial charge on any atom is 0.214 e. The second-order valence-corrected chi connectivity index (χ2v) is 8.06. The molecule has 0 aliphatic heterocycles. The van der Waals surface area contributed by atoms with Crippen LogP contribution >= 0.6 is 0 Å². The second kappa shape index (κ2) is 7.38. The van der Waals surface area contributed by atoms with E-state index in [0.717, 1.165) is 31.2 Å². The molecule has 2 unspecified atom stereocenters. The van der Waals surface area contributed by atoms with Crippen LogP contribution in [0, 0.1) is 5.92 Å². The van der Waals surface area contributed by atoms with Crippen LogP contribution in [-0.4, -0.2) is 38.1 Å². The standard InChI is InChI=1S/C16H26N2O2S/c1-18(16-10-6-5-9-15(16)13-17)21(19,20)12-11-14-7-3-2-4-8-14/h2-4,7-8,15-16H,5-6,9-13,17H2,1H3. The average molecular weight is 310 g/mol. The van der Waals surface area contributed by atoms with Crippen LogP contribution in [-0.2, 0) is 16.4 Å². The molecule has 1 aromatic rings. The Morgan fingerprint density at radius 2 is 1.86 bits per heavy atom. The molecule has 0 heterocycles. The van der Waals surface area contributed by atoms with Gasteiger partial charge in [0.15, 0.2) is 0 Å². The molecule has 0 bridgehead atoms. The number of sulfonamides is 1. The Morgan fingerprint density at radius 3 is 2.52 bits per heavy atom. The minimum Gasteiger partial charge on any atom is -0.330 e. The summed E-state index contributed by atoms with van der Waals surface area (Å²) < 4.78 is 26.7. The van der Waals surface area contributed by atoms with Gasteiger partial charge in [-0.2, -0.15) is 0 Å². The minimum absolute atomic E-state index is 0.0736. The normalized spacial score (nSPS) is 23.4. The molecular formula is C16H26N2O2S. The topological polar surface area (TPSA) is 63.4 Å². The van der Waals surface area contributed by atoms with Gasteiger partial charge in [-0.25, -0.2) is 12.7 Å². The number of hydrogen-bond donors (Lipinski definition) is 1. The third kappa shape index (κ3) is 4.28. The zero-order chi connectivity index (χ0) is 15.3. The lowest BCUT2D eigenvalue weighted by atomic mass is 9.85. The third-order valence-corrected chi connectivity index (χ3v) is 6.44. The van der Waals surface area contributed by atoms with Gasteiger partial charge in [0.25, 0.3) is 0 Å². The van der Waals surface area contributed by atoms with Crippen molar-refractivity contribution < 1.29 is 8.42 Å². The number of aryl methyl sites for hydroxylation is 1. The molecule has 4 nitrogen and oxygen atoms in total. The van der Waals surface area contributed by atoms with Crippen molar-refractivity contribution in [3.8, 4) is 0 Å². The summed E-state index contributed by atoms with van der Waals surface area (Å²) in [6, 6.07) is 9.84. The number of rotatable bonds is 6. The first-order chi connectivity index (χ1) is 10.0. The van der Waals surface area contributed by atoms with Crippen molar-refractivity contribution in [1.82, 2.24) is 4.31 Å². The zero-order valence-electron chi connectivity index (χ0n) is 12.7. The summed E-state index contributed by atoms with van der Waals surface area (Å²) in [6.07, 6.45) is 4.80. The number of nitrogens with two attached hydrogens (primary N) is 1. The van der Waals surface area contributed by atoms with E-state index in [1.807, 2.05) is 30.3 Å². The fraction of sp³-hybridized carbons (Fsp3) is 0.625. The first-order valence-corrected chi connectivity index (χ1v) is 9.35. The Hall–Kier alpha value is -0.910. The lowest BCUT2D eigenvalue weighted by Gasteiger charge is -2.36. The first-order valence-electron chi connectivity index (χ1n) is 7.74. The monoisotopic (exact) mass is 310 g/mol.